The molecular weight excluding hydrogens is 463 g/mol. The van der Waals surface area contributed by atoms with Crippen molar-refractivity contribution in [2.75, 3.05) is 19.0 Å². The number of carbonyl (C=O) groups is 1. The summed E-state index contributed by atoms with van der Waals surface area (Å²) in [5.41, 5.74) is -3.51. The van der Waals surface area contributed by atoms with Crippen molar-refractivity contribution in [3.63, 3.8) is 0 Å². The van der Waals surface area contributed by atoms with Crippen molar-refractivity contribution in [1.29, 1.82) is 0 Å². The summed E-state index contributed by atoms with van der Waals surface area (Å²) in [6.07, 6.45) is -1.97. The summed E-state index contributed by atoms with van der Waals surface area (Å²) < 4.78 is 28.7. The first-order valence-electron chi connectivity index (χ1n) is 10.1. The van der Waals surface area contributed by atoms with E-state index in [4.69, 9.17) is 13.8 Å². The summed E-state index contributed by atoms with van der Waals surface area (Å²) in [5.74, 6) is 0.306. The largest absolute Gasteiger partial charge is 0.697 e. The Labute approximate surface area is 190 Å². The Morgan fingerprint density at radius 3 is 2.69 bits per heavy atom. The number of nitrogens with one attached hydrogen (secondary N) is 1. The highest BCUT2D eigenvalue weighted by molar-refractivity contribution is 8.13. The van der Waals surface area contributed by atoms with Gasteiger partial charge in [-0.15, -0.1) is 9.05 Å². The Bertz CT molecular complexity index is 959. The van der Waals surface area contributed by atoms with Gasteiger partial charge in [0.2, 0.25) is 0 Å². The van der Waals surface area contributed by atoms with Crippen molar-refractivity contribution < 1.29 is 33.4 Å². The zero-order valence-corrected chi connectivity index (χ0v) is 20.4. The topological polar surface area (TPSA) is 157 Å². The minimum Gasteiger partial charge on any atom is -0.387 e. The van der Waals surface area contributed by atoms with Crippen molar-refractivity contribution in [3.05, 3.63) is 32.6 Å². The van der Waals surface area contributed by atoms with Crippen LogP contribution < -0.4 is 11.2 Å². The van der Waals surface area contributed by atoms with E-state index in [1.165, 1.54) is 20.0 Å². The molecule has 5 atom stereocenters. The van der Waals surface area contributed by atoms with Crippen molar-refractivity contribution in [1.82, 2.24) is 9.55 Å². The van der Waals surface area contributed by atoms with E-state index in [2.05, 4.69) is 4.98 Å². The summed E-state index contributed by atoms with van der Waals surface area (Å²) >= 11 is 1.09. The highest BCUT2D eigenvalue weighted by atomic mass is 32.2. The first kappa shape index (κ1) is 26.8. The van der Waals surface area contributed by atoms with E-state index in [-0.39, 0.29) is 23.9 Å². The van der Waals surface area contributed by atoms with E-state index in [0.717, 1.165) is 16.3 Å². The van der Waals surface area contributed by atoms with Crippen molar-refractivity contribution in [2.45, 2.75) is 65.1 Å². The fourth-order valence-electron chi connectivity index (χ4n) is 2.90. The minimum atomic E-state index is -2.56. The molecule has 3 N–H and O–H groups in total. The third kappa shape index (κ3) is 6.13. The van der Waals surface area contributed by atoms with E-state index in [0.29, 0.717) is 12.2 Å². The fraction of sp³-hybridized carbons (Fsp3) is 0.737. The predicted molar refractivity (Wildman–Crippen MR) is 118 cm³/mol. The van der Waals surface area contributed by atoms with Crippen LogP contribution in [0.1, 0.15) is 45.9 Å². The number of aromatic nitrogens is 2. The van der Waals surface area contributed by atoms with Crippen LogP contribution in [0.4, 0.5) is 0 Å². The Balaban J connectivity index is 1.89. The Morgan fingerprint density at radius 2 is 2.06 bits per heavy atom. The molecule has 13 heteroatoms. The lowest BCUT2D eigenvalue weighted by molar-refractivity contribution is -0.118. The maximum atomic E-state index is 12.1. The average molecular weight is 493 g/mol. The van der Waals surface area contributed by atoms with Gasteiger partial charge in [-0.1, -0.05) is 32.5 Å². The second kappa shape index (κ2) is 10.7. The third-order valence-corrected chi connectivity index (χ3v) is 7.39. The lowest BCUT2D eigenvalue weighted by Crippen LogP contribution is -2.47. The Hall–Kier alpha value is -1.40. The Kier molecular flexibility index (Phi) is 8.97. The van der Waals surface area contributed by atoms with E-state index >= 15 is 0 Å². The first-order valence-corrected chi connectivity index (χ1v) is 12.2. The summed E-state index contributed by atoms with van der Waals surface area (Å²) in [4.78, 5) is 37.9. The highest BCUT2D eigenvalue weighted by Gasteiger charge is 2.54. The molecule has 1 aliphatic heterocycles. The molecule has 1 saturated heterocycles. The number of thioether (sulfide) groups is 1. The van der Waals surface area contributed by atoms with Crippen LogP contribution in [0, 0.1) is 12.3 Å². The van der Waals surface area contributed by atoms with Gasteiger partial charge >= 0.3 is 13.9 Å². The molecule has 0 amide bonds. The number of hydrogen-bond donors (Lipinski definition) is 3. The van der Waals surface area contributed by atoms with Crippen LogP contribution in [0.25, 0.3) is 0 Å². The number of nitrogens with zero attached hydrogens (tertiary/aromatic N) is 1. The number of carbonyl (C=O) groups excluding carboxylic acids is 1. The number of ether oxygens (including phenoxy) is 1. The number of hydrogen-bond acceptors (Lipinski definition) is 10. The van der Waals surface area contributed by atoms with Crippen LogP contribution in [0.5, 0.6) is 0 Å². The van der Waals surface area contributed by atoms with E-state index in [1.807, 2.05) is 20.8 Å². The molecule has 2 rings (SSSR count). The predicted octanol–water partition coefficient (Wildman–Crippen LogP) is 1.24. The van der Waals surface area contributed by atoms with Crippen LogP contribution in [-0.2, 0) is 23.1 Å². The van der Waals surface area contributed by atoms with Crippen molar-refractivity contribution in [3.8, 4) is 0 Å². The molecule has 180 valence electrons. The van der Waals surface area contributed by atoms with Gasteiger partial charge in [0.1, 0.15) is 31.0 Å². The maximum Gasteiger partial charge on any atom is 0.697 e. The molecule has 0 aromatic carbocycles. The van der Waals surface area contributed by atoms with Gasteiger partial charge in [0.15, 0.2) is 11.3 Å². The molecule has 0 bridgehead atoms. The van der Waals surface area contributed by atoms with Gasteiger partial charge in [-0.3, -0.25) is 19.1 Å². The zero-order chi connectivity index (χ0) is 24.3. The molecule has 32 heavy (non-hydrogen) atoms. The molecule has 0 aliphatic carbocycles. The second-order valence-corrected chi connectivity index (χ2v) is 10.4. The molecule has 0 saturated carbocycles. The molecular formula is C19H30N2O9PS+. The van der Waals surface area contributed by atoms with Gasteiger partial charge in [-0.05, 0) is 20.3 Å². The first-order chi connectivity index (χ1) is 14.8. The second-order valence-electron chi connectivity index (χ2n) is 8.40. The fourth-order valence-corrected chi connectivity index (χ4v) is 4.49. The van der Waals surface area contributed by atoms with Gasteiger partial charge in [0.25, 0.3) is 5.56 Å². The average Bonchev–Trinajstić information content (AvgIpc) is 2.95. The van der Waals surface area contributed by atoms with Crippen LogP contribution in [0.3, 0.4) is 0 Å². The highest BCUT2D eigenvalue weighted by Crippen LogP contribution is 2.39. The van der Waals surface area contributed by atoms with Crippen LogP contribution >= 0.6 is 20.0 Å². The molecule has 3 unspecified atom stereocenters. The zero-order valence-electron chi connectivity index (χ0n) is 18.7. The molecule has 2 heterocycles. The van der Waals surface area contributed by atoms with Gasteiger partial charge < -0.3 is 14.9 Å². The lowest BCUT2D eigenvalue weighted by atomic mass is 9.92. The standard InChI is InChI=1S/C19H29N2O9PS/c1-6-18(3,4)16(24)32-8-7-28-31(27)29-10-12-13(22)19(5,26)15(30-12)21-9-11(2)14(23)20-17(21)25/h9,12-13,15,22,26H,6-8,10H2,1-5H3/p+1/t12-,13?,15?,19+/m1/s1. The number of H-pyrrole nitrogens is 1. The SMILES string of the molecule is CCC(C)(C)C(=O)SCCO[P+](=O)OC[C@H]1OC(n2cc(C)c(=O)[nH]c2=O)[C@@](C)(O)C1O. The summed E-state index contributed by atoms with van der Waals surface area (Å²) in [7, 11) is -2.56. The molecule has 1 aromatic rings. The molecule has 0 spiro atoms. The number of aryl methyl sites for hydroxylation is 1. The van der Waals surface area contributed by atoms with Gasteiger partial charge in [0.05, 0.1) is 0 Å². The Morgan fingerprint density at radius 1 is 1.41 bits per heavy atom. The van der Waals surface area contributed by atoms with E-state index in [9.17, 15) is 29.2 Å². The van der Waals surface area contributed by atoms with Crippen molar-refractivity contribution >= 4 is 25.1 Å². The molecule has 1 fully saturated rings. The quantitative estimate of drug-likeness (QED) is 0.320. The van der Waals surface area contributed by atoms with Gasteiger partial charge in [0, 0.05) is 27.5 Å². The monoisotopic (exact) mass is 493 g/mol. The van der Waals surface area contributed by atoms with Crippen LogP contribution in [0.15, 0.2) is 15.8 Å². The smallest absolute Gasteiger partial charge is 0.387 e. The number of aromatic amines is 1. The van der Waals surface area contributed by atoms with Gasteiger partial charge in [-0.2, -0.15) is 0 Å². The van der Waals surface area contributed by atoms with Gasteiger partial charge in [-0.25, -0.2) is 4.79 Å². The summed E-state index contributed by atoms with van der Waals surface area (Å²) in [6, 6.07) is 0. The normalized spacial score (nSPS) is 26.3. The summed E-state index contributed by atoms with van der Waals surface area (Å²) in [5, 5.41) is 21.1. The third-order valence-electron chi connectivity index (χ3n) is 5.45. The molecule has 11 nitrogen and oxygen atoms in total. The number of aliphatic hydroxyl groups is 2. The van der Waals surface area contributed by atoms with Crippen LogP contribution in [-0.4, -0.2) is 61.7 Å². The van der Waals surface area contributed by atoms with Crippen molar-refractivity contribution in [2.24, 2.45) is 5.41 Å². The lowest BCUT2D eigenvalue weighted by Gasteiger charge is -2.27. The minimum absolute atomic E-state index is 0.0169. The maximum absolute atomic E-state index is 12.1. The molecule has 0 radical (unpaired) electrons. The van der Waals surface area contributed by atoms with E-state index in [1.54, 1.807) is 0 Å². The van der Waals surface area contributed by atoms with E-state index < -0.39 is 49.0 Å². The molecule has 1 aliphatic rings. The molecule has 1 aromatic heterocycles. The van der Waals surface area contributed by atoms with Crippen LogP contribution in [0.2, 0.25) is 0 Å². The summed E-state index contributed by atoms with van der Waals surface area (Å²) in [6.45, 7) is 8.02. The number of rotatable bonds is 10. The number of aliphatic hydroxyl groups excluding tert-OH is 1.